The minimum Gasteiger partial charge on any atom is -0.410 e. The van der Waals surface area contributed by atoms with Crippen LogP contribution in [-0.4, -0.2) is 20.0 Å². The van der Waals surface area contributed by atoms with Crippen LogP contribution in [0.3, 0.4) is 0 Å². The van der Waals surface area contributed by atoms with Gasteiger partial charge in [-0.3, -0.25) is 4.68 Å². The summed E-state index contributed by atoms with van der Waals surface area (Å²) in [4.78, 5) is 0. The Hall–Kier alpha value is -1.50. The van der Waals surface area contributed by atoms with Gasteiger partial charge in [0.25, 0.3) is 11.1 Å². The Morgan fingerprint density at radius 1 is 1.22 bits per heavy atom. The predicted molar refractivity (Wildman–Crippen MR) is 92.0 cm³/mol. The minimum atomic E-state index is 0.459. The number of hydrogen-bond acceptors (Lipinski definition) is 5. The molecule has 2 aromatic heterocycles. The number of halogens is 2. The van der Waals surface area contributed by atoms with Crippen LogP contribution < -0.4 is 0 Å². The number of benzene rings is 1. The van der Waals surface area contributed by atoms with Crippen molar-refractivity contribution in [2.75, 3.05) is 0 Å². The number of thioether (sulfide) groups is 1. The normalized spacial score (nSPS) is 11.1. The highest BCUT2D eigenvalue weighted by Crippen LogP contribution is 2.32. The number of rotatable bonds is 5. The molecule has 0 unspecified atom stereocenters. The smallest absolute Gasteiger partial charge is 0.277 e. The number of hydrogen-bond donors (Lipinski definition) is 0. The van der Waals surface area contributed by atoms with Crippen LogP contribution in [0.1, 0.15) is 18.2 Å². The zero-order chi connectivity index (χ0) is 16.4. The van der Waals surface area contributed by atoms with Crippen molar-refractivity contribution in [2.45, 2.75) is 31.4 Å². The monoisotopic (exact) mass is 368 g/mol. The Kier molecular flexibility index (Phi) is 4.94. The van der Waals surface area contributed by atoms with Gasteiger partial charge in [-0.1, -0.05) is 41.0 Å². The maximum atomic E-state index is 6.16. The molecule has 0 aliphatic carbocycles. The summed E-state index contributed by atoms with van der Waals surface area (Å²) in [5.74, 6) is 1.02. The molecule has 0 saturated carbocycles. The second kappa shape index (κ2) is 6.95. The molecule has 0 aliphatic rings. The molecule has 0 bridgehead atoms. The number of nitrogens with zero attached hydrogens (tertiary/aromatic N) is 4. The van der Waals surface area contributed by atoms with Crippen LogP contribution in [0.2, 0.25) is 10.0 Å². The third-order valence-electron chi connectivity index (χ3n) is 3.23. The lowest BCUT2D eigenvalue weighted by atomic mass is 10.2. The maximum Gasteiger partial charge on any atom is 0.277 e. The van der Waals surface area contributed by atoms with E-state index in [1.54, 1.807) is 0 Å². The Balaban J connectivity index is 1.77. The van der Waals surface area contributed by atoms with Crippen molar-refractivity contribution in [3.8, 4) is 11.6 Å². The molecule has 1 aromatic carbocycles. The van der Waals surface area contributed by atoms with Crippen molar-refractivity contribution in [2.24, 2.45) is 0 Å². The van der Waals surface area contributed by atoms with Gasteiger partial charge in [-0.05, 0) is 37.6 Å². The van der Waals surface area contributed by atoms with E-state index in [1.807, 2.05) is 42.8 Å². The predicted octanol–water partition coefficient (Wildman–Crippen LogP) is 4.86. The summed E-state index contributed by atoms with van der Waals surface area (Å²) in [6.45, 7) is 4.69. The van der Waals surface area contributed by atoms with E-state index in [0.29, 0.717) is 26.9 Å². The van der Waals surface area contributed by atoms with Crippen LogP contribution >= 0.6 is 35.0 Å². The Bertz CT molecular complexity index is 810. The highest BCUT2D eigenvalue weighted by Gasteiger charge is 2.15. The van der Waals surface area contributed by atoms with E-state index in [4.69, 9.17) is 27.6 Å². The molecule has 5 nitrogen and oxygen atoms in total. The molecule has 3 aromatic rings. The van der Waals surface area contributed by atoms with Crippen LogP contribution in [0.5, 0.6) is 0 Å². The molecule has 0 atom stereocenters. The van der Waals surface area contributed by atoms with Gasteiger partial charge in [0.2, 0.25) is 0 Å². The van der Waals surface area contributed by atoms with E-state index in [-0.39, 0.29) is 0 Å². The van der Waals surface area contributed by atoms with E-state index in [1.165, 1.54) is 11.8 Å². The van der Waals surface area contributed by atoms with E-state index in [9.17, 15) is 0 Å². The first-order chi connectivity index (χ1) is 11.1. The lowest BCUT2D eigenvalue weighted by Gasteiger charge is -2.04. The molecule has 0 saturated heterocycles. The van der Waals surface area contributed by atoms with E-state index in [0.717, 1.165) is 23.5 Å². The fourth-order valence-electron chi connectivity index (χ4n) is 2.13. The Morgan fingerprint density at radius 3 is 2.65 bits per heavy atom. The molecule has 0 spiro atoms. The average Bonchev–Trinajstić information content (AvgIpc) is 3.12. The highest BCUT2D eigenvalue weighted by atomic mass is 35.5. The van der Waals surface area contributed by atoms with Crippen LogP contribution in [0.25, 0.3) is 11.6 Å². The summed E-state index contributed by atoms with van der Waals surface area (Å²) in [6.07, 6.45) is 0. The van der Waals surface area contributed by atoms with Crippen LogP contribution in [0.4, 0.5) is 0 Å². The van der Waals surface area contributed by atoms with Crippen molar-refractivity contribution in [3.63, 3.8) is 0 Å². The fraction of sp³-hybridized carbons (Fsp3) is 0.267. The summed E-state index contributed by atoms with van der Waals surface area (Å²) in [6, 6.07) is 7.37. The summed E-state index contributed by atoms with van der Waals surface area (Å²) in [7, 11) is 0. The standard InChI is InChI=1S/C15H14Cl2N4OS/c1-3-21-13(7-9(2)20-21)14-18-19-15(22-14)23-8-10-11(16)5-4-6-12(10)17/h4-7H,3,8H2,1-2H3. The largest absolute Gasteiger partial charge is 0.410 e. The topological polar surface area (TPSA) is 56.7 Å². The van der Waals surface area contributed by atoms with Gasteiger partial charge in [-0.2, -0.15) is 5.10 Å². The van der Waals surface area contributed by atoms with Crippen molar-refractivity contribution in [3.05, 3.63) is 45.6 Å². The van der Waals surface area contributed by atoms with Crippen molar-refractivity contribution >= 4 is 35.0 Å². The molecular weight excluding hydrogens is 355 g/mol. The molecule has 120 valence electrons. The van der Waals surface area contributed by atoms with Gasteiger partial charge in [0.1, 0.15) is 5.69 Å². The second-order valence-electron chi connectivity index (χ2n) is 4.85. The zero-order valence-corrected chi connectivity index (χ0v) is 14.9. The molecule has 2 heterocycles. The first-order valence-electron chi connectivity index (χ1n) is 7.02. The SMILES string of the molecule is CCn1nc(C)cc1-c1nnc(SCc2c(Cl)cccc2Cl)o1. The summed E-state index contributed by atoms with van der Waals surface area (Å²) in [5.41, 5.74) is 2.59. The molecular formula is C15H14Cl2N4OS. The Labute approximate surface area is 148 Å². The van der Waals surface area contributed by atoms with Gasteiger partial charge in [0.05, 0.1) is 5.69 Å². The van der Waals surface area contributed by atoms with Gasteiger partial charge in [-0.25, -0.2) is 0 Å². The third-order valence-corrected chi connectivity index (χ3v) is 4.78. The first-order valence-corrected chi connectivity index (χ1v) is 8.76. The molecule has 23 heavy (non-hydrogen) atoms. The van der Waals surface area contributed by atoms with Crippen LogP contribution in [0.15, 0.2) is 33.9 Å². The summed E-state index contributed by atoms with van der Waals surface area (Å²) < 4.78 is 7.56. The average molecular weight is 369 g/mol. The summed E-state index contributed by atoms with van der Waals surface area (Å²) >= 11 is 13.7. The minimum absolute atomic E-state index is 0.459. The van der Waals surface area contributed by atoms with E-state index < -0.39 is 0 Å². The highest BCUT2D eigenvalue weighted by molar-refractivity contribution is 7.98. The molecule has 0 fully saturated rings. The fourth-order valence-corrected chi connectivity index (χ4v) is 3.64. The quantitative estimate of drug-likeness (QED) is 0.601. The van der Waals surface area contributed by atoms with Crippen LogP contribution in [-0.2, 0) is 12.3 Å². The van der Waals surface area contributed by atoms with Gasteiger partial charge in [-0.15, -0.1) is 10.2 Å². The second-order valence-corrected chi connectivity index (χ2v) is 6.59. The lowest BCUT2D eigenvalue weighted by molar-refractivity contribution is 0.460. The van der Waals surface area contributed by atoms with Crippen LogP contribution in [0, 0.1) is 6.92 Å². The molecule has 3 rings (SSSR count). The molecule has 0 N–H and O–H groups in total. The van der Waals surface area contributed by atoms with E-state index >= 15 is 0 Å². The number of aryl methyl sites for hydroxylation is 2. The van der Waals surface area contributed by atoms with E-state index in [2.05, 4.69) is 15.3 Å². The van der Waals surface area contributed by atoms with Gasteiger partial charge < -0.3 is 4.42 Å². The third kappa shape index (κ3) is 3.54. The molecule has 0 radical (unpaired) electrons. The lowest BCUT2D eigenvalue weighted by Crippen LogP contribution is -1.99. The molecule has 0 aliphatic heterocycles. The zero-order valence-electron chi connectivity index (χ0n) is 12.6. The van der Waals surface area contributed by atoms with Crippen molar-refractivity contribution in [1.29, 1.82) is 0 Å². The number of aromatic nitrogens is 4. The van der Waals surface area contributed by atoms with Crippen molar-refractivity contribution in [1.82, 2.24) is 20.0 Å². The van der Waals surface area contributed by atoms with Gasteiger partial charge >= 0.3 is 0 Å². The first kappa shape index (κ1) is 16.4. The van der Waals surface area contributed by atoms with Gasteiger partial charge in [0, 0.05) is 22.3 Å². The van der Waals surface area contributed by atoms with Gasteiger partial charge in [0.15, 0.2) is 0 Å². The summed E-state index contributed by atoms with van der Waals surface area (Å²) in [5, 5.41) is 14.3. The van der Waals surface area contributed by atoms with Crippen molar-refractivity contribution < 1.29 is 4.42 Å². The molecule has 8 heteroatoms. The molecule has 0 amide bonds. The Morgan fingerprint density at radius 2 is 1.96 bits per heavy atom. The maximum absolute atomic E-state index is 6.16.